The minimum atomic E-state index is -0.384. The van der Waals surface area contributed by atoms with Crippen molar-refractivity contribution in [1.82, 2.24) is 4.98 Å². The highest BCUT2D eigenvalue weighted by Gasteiger charge is 2.20. The maximum Gasteiger partial charge on any atom is 0.276 e. The van der Waals surface area contributed by atoms with E-state index in [1.54, 1.807) is 0 Å². The van der Waals surface area contributed by atoms with Crippen LogP contribution in [0.1, 0.15) is 32.6 Å². The molecule has 1 heterocycles. The SMILES string of the molecule is CCCNc1cc([N+](=O)[O-])cc(NCCC2CC2)n1. The van der Waals surface area contributed by atoms with Crippen LogP contribution in [0.3, 0.4) is 0 Å². The van der Waals surface area contributed by atoms with Gasteiger partial charge in [0.2, 0.25) is 0 Å². The molecule has 0 amide bonds. The number of pyridine rings is 1. The third-order valence-corrected chi connectivity index (χ3v) is 3.13. The monoisotopic (exact) mass is 264 g/mol. The Balaban J connectivity index is 2.01. The van der Waals surface area contributed by atoms with Crippen molar-refractivity contribution < 1.29 is 4.92 Å². The standard InChI is InChI=1S/C13H20N4O2/c1-2-6-14-12-8-11(17(18)19)9-13(16-12)15-7-5-10-3-4-10/h8-10H,2-7H2,1H3,(H2,14,15,16). The van der Waals surface area contributed by atoms with Gasteiger partial charge in [-0.1, -0.05) is 19.8 Å². The average molecular weight is 264 g/mol. The first-order valence-electron chi connectivity index (χ1n) is 6.83. The van der Waals surface area contributed by atoms with Gasteiger partial charge in [0.25, 0.3) is 5.69 Å². The van der Waals surface area contributed by atoms with Gasteiger partial charge in [0.15, 0.2) is 0 Å². The maximum absolute atomic E-state index is 10.9. The molecule has 6 nitrogen and oxygen atoms in total. The molecule has 1 aromatic rings. The van der Waals surface area contributed by atoms with Crippen molar-refractivity contribution in [3.8, 4) is 0 Å². The third kappa shape index (κ3) is 4.39. The molecule has 19 heavy (non-hydrogen) atoms. The van der Waals surface area contributed by atoms with Crippen LogP contribution in [-0.4, -0.2) is 23.0 Å². The first-order chi connectivity index (χ1) is 9.19. The number of anilines is 2. The molecular formula is C13H20N4O2. The average Bonchev–Trinajstić information content (AvgIpc) is 3.20. The molecule has 6 heteroatoms. The third-order valence-electron chi connectivity index (χ3n) is 3.13. The topological polar surface area (TPSA) is 80.1 Å². The van der Waals surface area contributed by atoms with E-state index < -0.39 is 0 Å². The fourth-order valence-electron chi connectivity index (χ4n) is 1.87. The Labute approximate surface area is 112 Å². The lowest BCUT2D eigenvalue weighted by molar-refractivity contribution is -0.384. The lowest BCUT2D eigenvalue weighted by Crippen LogP contribution is -2.08. The summed E-state index contributed by atoms with van der Waals surface area (Å²) in [5, 5.41) is 17.2. The Hall–Kier alpha value is -1.85. The summed E-state index contributed by atoms with van der Waals surface area (Å²) >= 11 is 0. The van der Waals surface area contributed by atoms with Crippen LogP contribution < -0.4 is 10.6 Å². The van der Waals surface area contributed by atoms with Crippen molar-refractivity contribution in [1.29, 1.82) is 0 Å². The van der Waals surface area contributed by atoms with Gasteiger partial charge in [-0.2, -0.15) is 0 Å². The lowest BCUT2D eigenvalue weighted by Gasteiger charge is -2.08. The lowest BCUT2D eigenvalue weighted by atomic mass is 10.3. The summed E-state index contributed by atoms with van der Waals surface area (Å²) in [6.07, 6.45) is 4.69. The second kappa shape index (κ2) is 6.36. The molecule has 0 spiro atoms. The van der Waals surface area contributed by atoms with E-state index in [1.165, 1.54) is 25.0 Å². The van der Waals surface area contributed by atoms with Crippen molar-refractivity contribution in [3.05, 3.63) is 22.2 Å². The quantitative estimate of drug-likeness (QED) is 0.557. The van der Waals surface area contributed by atoms with Crippen LogP contribution in [0.25, 0.3) is 0 Å². The molecule has 1 aliphatic carbocycles. The summed E-state index contributed by atoms with van der Waals surface area (Å²) in [7, 11) is 0. The number of nitrogens with one attached hydrogen (secondary N) is 2. The zero-order chi connectivity index (χ0) is 13.7. The number of rotatable bonds is 8. The minimum Gasteiger partial charge on any atom is -0.370 e. The van der Waals surface area contributed by atoms with Crippen LogP contribution in [0.2, 0.25) is 0 Å². The Morgan fingerprint density at radius 3 is 2.47 bits per heavy atom. The number of aromatic nitrogens is 1. The number of hydrogen-bond acceptors (Lipinski definition) is 5. The molecule has 0 saturated heterocycles. The van der Waals surface area contributed by atoms with Gasteiger partial charge >= 0.3 is 0 Å². The van der Waals surface area contributed by atoms with E-state index in [0.717, 1.165) is 31.8 Å². The highest BCUT2D eigenvalue weighted by atomic mass is 16.6. The van der Waals surface area contributed by atoms with Crippen molar-refractivity contribution in [3.63, 3.8) is 0 Å². The van der Waals surface area contributed by atoms with Gasteiger partial charge in [-0.25, -0.2) is 4.98 Å². The van der Waals surface area contributed by atoms with Gasteiger partial charge in [-0.3, -0.25) is 10.1 Å². The summed E-state index contributed by atoms with van der Waals surface area (Å²) in [5.74, 6) is 1.97. The van der Waals surface area contributed by atoms with Crippen LogP contribution in [0.4, 0.5) is 17.3 Å². The zero-order valence-corrected chi connectivity index (χ0v) is 11.2. The van der Waals surface area contributed by atoms with E-state index in [4.69, 9.17) is 0 Å². The molecule has 0 unspecified atom stereocenters. The predicted molar refractivity (Wildman–Crippen MR) is 75.5 cm³/mol. The van der Waals surface area contributed by atoms with Crippen LogP contribution >= 0.6 is 0 Å². The normalized spacial score (nSPS) is 14.2. The molecule has 0 atom stereocenters. The molecule has 2 rings (SSSR count). The van der Waals surface area contributed by atoms with Crippen LogP contribution in [0.15, 0.2) is 12.1 Å². The van der Waals surface area contributed by atoms with Gasteiger partial charge in [-0.05, 0) is 18.8 Å². The van der Waals surface area contributed by atoms with Gasteiger partial charge in [0, 0.05) is 13.1 Å². The second-order valence-corrected chi connectivity index (χ2v) is 4.94. The Bertz CT molecular complexity index is 446. The molecule has 1 aliphatic rings. The molecule has 0 bridgehead atoms. The van der Waals surface area contributed by atoms with Gasteiger partial charge < -0.3 is 10.6 Å². The van der Waals surface area contributed by atoms with Gasteiger partial charge in [0.05, 0.1) is 17.1 Å². The van der Waals surface area contributed by atoms with Crippen LogP contribution in [0, 0.1) is 16.0 Å². The highest BCUT2D eigenvalue weighted by Crippen LogP contribution is 2.32. The molecule has 0 radical (unpaired) electrons. The molecule has 2 N–H and O–H groups in total. The Morgan fingerprint density at radius 1 is 1.32 bits per heavy atom. The summed E-state index contributed by atoms with van der Waals surface area (Å²) in [6, 6.07) is 2.96. The van der Waals surface area contributed by atoms with Crippen LogP contribution in [0.5, 0.6) is 0 Å². The number of nitrogens with zero attached hydrogens (tertiary/aromatic N) is 2. The predicted octanol–water partition coefficient (Wildman–Crippen LogP) is 3.02. The van der Waals surface area contributed by atoms with Crippen molar-refractivity contribution in [2.75, 3.05) is 23.7 Å². The maximum atomic E-state index is 10.9. The Kier molecular flexibility index (Phi) is 4.54. The van der Waals surface area contributed by atoms with Crippen molar-refractivity contribution in [2.45, 2.75) is 32.6 Å². The summed E-state index contributed by atoms with van der Waals surface area (Å²) in [4.78, 5) is 14.9. The van der Waals surface area contributed by atoms with E-state index in [-0.39, 0.29) is 10.6 Å². The van der Waals surface area contributed by atoms with E-state index in [2.05, 4.69) is 15.6 Å². The summed E-state index contributed by atoms with van der Waals surface area (Å²) in [6.45, 7) is 3.63. The number of nitro groups is 1. The van der Waals surface area contributed by atoms with Crippen molar-refractivity contribution >= 4 is 17.3 Å². The Morgan fingerprint density at radius 2 is 1.95 bits per heavy atom. The number of hydrogen-bond donors (Lipinski definition) is 2. The molecular weight excluding hydrogens is 244 g/mol. The first-order valence-corrected chi connectivity index (χ1v) is 6.83. The molecule has 0 aromatic carbocycles. The smallest absolute Gasteiger partial charge is 0.276 e. The van der Waals surface area contributed by atoms with E-state index in [1.807, 2.05) is 6.92 Å². The fourth-order valence-corrected chi connectivity index (χ4v) is 1.87. The molecule has 0 aliphatic heterocycles. The molecule has 1 fully saturated rings. The molecule has 1 saturated carbocycles. The summed E-state index contributed by atoms with van der Waals surface area (Å²) in [5.41, 5.74) is 0.0718. The summed E-state index contributed by atoms with van der Waals surface area (Å²) < 4.78 is 0. The zero-order valence-electron chi connectivity index (χ0n) is 11.2. The van der Waals surface area contributed by atoms with Crippen molar-refractivity contribution in [2.24, 2.45) is 5.92 Å². The van der Waals surface area contributed by atoms with Gasteiger partial charge in [-0.15, -0.1) is 0 Å². The minimum absolute atomic E-state index is 0.0718. The fraction of sp³-hybridized carbons (Fsp3) is 0.615. The van der Waals surface area contributed by atoms with Gasteiger partial charge in [0.1, 0.15) is 11.6 Å². The second-order valence-electron chi connectivity index (χ2n) is 4.94. The van der Waals surface area contributed by atoms with E-state index >= 15 is 0 Å². The highest BCUT2D eigenvalue weighted by molar-refractivity contribution is 5.54. The molecule has 104 valence electrons. The van der Waals surface area contributed by atoms with Crippen LogP contribution in [-0.2, 0) is 0 Å². The van der Waals surface area contributed by atoms with E-state index in [9.17, 15) is 10.1 Å². The van der Waals surface area contributed by atoms with E-state index in [0.29, 0.717) is 11.6 Å². The largest absolute Gasteiger partial charge is 0.370 e. The first kappa shape index (κ1) is 13.6. The molecule has 1 aromatic heterocycles.